The molecule has 2 aromatic heterocycles. The Morgan fingerprint density at radius 3 is 2.59 bits per heavy atom. The van der Waals surface area contributed by atoms with E-state index < -0.39 is 5.97 Å². The van der Waals surface area contributed by atoms with Crippen molar-refractivity contribution in [2.24, 2.45) is 0 Å². The predicted molar refractivity (Wildman–Crippen MR) is 118 cm³/mol. The van der Waals surface area contributed by atoms with Gasteiger partial charge < -0.3 is 10.1 Å². The first-order chi connectivity index (χ1) is 12.8. The van der Waals surface area contributed by atoms with Crippen LogP contribution in [-0.4, -0.2) is 18.1 Å². The molecule has 0 aliphatic rings. The lowest BCUT2D eigenvalue weighted by Gasteiger charge is -2.06. The average Bonchev–Trinajstić information content (AvgIpc) is 3.20. The van der Waals surface area contributed by atoms with Gasteiger partial charge >= 0.3 is 5.97 Å². The molecule has 0 aliphatic heterocycles. The number of hydrogen-bond acceptors (Lipinski definition) is 6. The molecule has 0 radical (unpaired) electrons. The molecule has 1 aromatic carbocycles. The maximum absolute atomic E-state index is 12.0. The van der Waals surface area contributed by atoms with Crippen molar-refractivity contribution in [2.75, 3.05) is 12.4 Å². The maximum atomic E-state index is 12.0. The Morgan fingerprint density at radius 2 is 1.96 bits per heavy atom. The van der Waals surface area contributed by atoms with Gasteiger partial charge in [-0.05, 0) is 40.0 Å². The van der Waals surface area contributed by atoms with Crippen LogP contribution in [0.2, 0.25) is 10.0 Å². The lowest BCUT2D eigenvalue weighted by molar-refractivity contribution is 0.0607. The van der Waals surface area contributed by atoms with Crippen LogP contribution >= 0.6 is 61.8 Å². The molecule has 0 bridgehead atoms. The minimum Gasteiger partial charge on any atom is -0.465 e. The highest BCUT2D eigenvalue weighted by Gasteiger charge is 2.20. The van der Waals surface area contributed by atoms with Gasteiger partial charge in [-0.2, -0.15) is 0 Å². The number of anilines is 2. The first-order valence-corrected chi connectivity index (χ1v) is 11.1. The fraction of sp³-hybridized carbons (Fsp3) is 0.222. The number of nitrogens with one attached hydrogen (secondary N) is 1. The molecule has 0 saturated carbocycles. The third-order valence-corrected chi connectivity index (χ3v) is 7.31. The summed E-state index contributed by atoms with van der Waals surface area (Å²) in [5.74, 6) is -0.115. The zero-order valence-electron chi connectivity index (χ0n) is 14.6. The molecular weight excluding hydrogens is 491 g/mol. The second-order valence-electron chi connectivity index (χ2n) is 5.93. The lowest BCUT2D eigenvalue weighted by Crippen LogP contribution is -2.01. The Labute approximate surface area is 183 Å². The highest BCUT2D eigenvalue weighted by atomic mass is 79.9. The van der Waals surface area contributed by atoms with E-state index in [1.54, 1.807) is 17.4 Å². The third-order valence-electron chi connectivity index (χ3n) is 3.69. The van der Waals surface area contributed by atoms with Crippen molar-refractivity contribution < 1.29 is 9.53 Å². The number of hydrogen-bond donors (Lipinski definition) is 1. The van der Waals surface area contributed by atoms with E-state index in [1.807, 2.05) is 18.2 Å². The summed E-state index contributed by atoms with van der Waals surface area (Å²) in [5.41, 5.74) is 2.41. The molecule has 4 nitrogen and oxygen atoms in total. The minimum atomic E-state index is -0.390. The Balaban J connectivity index is 2.01. The quantitative estimate of drug-likeness (QED) is 0.362. The smallest absolute Gasteiger partial charge is 0.350 e. The fourth-order valence-corrected chi connectivity index (χ4v) is 5.21. The van der Waals surface area contributed by atoms with Crippen LogP contribution in [0.15, 0.2) is 28.1 Å². The van der Waals surface area contributed by atoms with Crippen molar-refractivity contribution in [3.8, 4) is 11.3 Å². The second kappa shape index (κ2) is 8.49. The number of benzene rings is 1. The van der Waals surface area contributed by atoms with Gasteiger partial charge in [0.15, 0.2) is 5.13 Å². The van der Waals surface area contributed by atoms with E-state index in [4.69, 9.17) is 32.9 Å². The van der Waals surface area contributed by atoms with Crippen molar-refractivity contribution in [3.05, 3.63) is 47.9 Å². The summed E-state index contributed by atoms with van der Waals surface area (Å²) in [7, 11) is 1.36. The molecule has 27 heavy (non-hydrogen) atoms. The molecular formula is C18H15BrCl2N2O2S2. The average molecular weight is 506 g/mol. The molecule has 0 fully saturated rings. The van der Waals surface area contributed by atoms with Crippen LogP contribution in [-0.2, 0) is 4.74 Å². The first kappa shape index (κ1) is 20.6. The van der Waals surface area contributed by atoms with Gasteiger partial charge in [-0.1, -0.05) is 43.1 Å². The molecule has 0 atom stereocenters. The summed E-state index contributed by atoms with van der Waals surface area (Å²) >= 11 is 18.5. The summed E-state index contributed by atoms with van der Waals surface area (Å²) in [6, 6.07) is 7.32. The largest absolute Gasteiger partial charge is 0.465 e. The number of halogens is 3. The molecule has 3 aromatic rings. The van der Waals surface area contributed by atoms with Crippen LogP contribution in [0.25, 0.3) is 11.3 Å². The molecule has 3 rings (SSSR count). The van der Waals surface area contributed by atoms with Crippen LogP contribution in [0, 0.1) is 0 Å². The number of rotatable bonds is 5. The van der Waals surface area contributed by atoms with E-state index in [0.29, 0.717) is 25.7 Å². The summed E-state index contributed by atoms with van der Waals surface area (Å²) in [6.07, 6.45) is 0. The Hall–Kier alpha value is -1.12. The maximum Gasteiger partial charge on any atom is 0.350 e. The van der Waals surface area contributed by atoms with Gasteiger partial charge in [0, 0.05) is 10.4 Å². The van der Waals surface area contributed by atoms with Gasteiger partial charge in [-0.25, -0.2) is 9.78 Å². The van der Waals surface area contributed by atoms with Crippen LogP contribution < -0.4 is 5.32 Å². The molecule has 0 amide bonds. The number of thiazole rings is 1. The number of carbonyl (C=O) groups excluding carboxylic acids is 1. The van der Waals surface area contributed by atoms with Gasteiger partial charge in [0.25, 0.3) is 0 Å². The monoisotopic (exact) mass is 504 g/mol. The molecule has 9 heteroatoms. The van der Waals surface area contributed by atoms with Gasteiger partial charge in [-0.3, -0.25) is 0 Å². The van der Waals surface area contributed by atoms with E-state index in [2.05, 4.69) is 35.1 Å². The first-order valence-electron chi connectivity index (χ1n) is 7.91. The van der Waals surface area contributed by atoms with Crippen LogP contribution in [0.1, 0.15) is 34.3 Å². The molecule has 2 heterocycles. The van der Waals surface area contributed by atoms with Crippen molar-refractivity contribution in [2.45, 2.75) is 19.8 Å². The van der Waals surface area contributed by atoms with Gasteiger partial charge in [0.05, 0.1) is 32.3 Å². The van der Waals surface area contributed by atoms with E-state index in [-0.39, 0.29) is 5.92 Å². The standard InChI is InChI=1S/C18H15BrCl2N2O2S2/c1-8(2)15-14(9-4-5-10(20)11(21)6-9)23-18(27-15)22-12-7-13(19)26-16(12)17(24)25-3/h4-8H,1-3H3,(H,22,23). The summed E-state index contributed by atoms with van der Waals surface area (Å²) < 4.78 is 5.68. The minimum absolute atomic E-state index is 0.275. The van der Waals surface area contributed by atoms with E-state index in [1.165, 1.54) is 18.4 Å². The molecule has 0 aliphatic carbocycles. The van der Waals surface area contributed by atoms with E-state index in [0.717, 1.165) is 19.9 Å². The number of nitrogens with zero attached hydrogens (tertiary/aromatic N) is 1. The van der Waals surface area contributed by atoms with Crippen molar-refractivity contribution in [1.29, 1.82) is 0 Å². The number of ether oxygens (including phenoxy) is 1. The van der Waals surface area contributed by atoms with E-state index in [9.17, 15) is 4.79 Å². The fourth-order valence-electron chi connectivity index (χ4n) is 2.44. The number of thiophene rings is 1. The summed E-state index contributed by atoms with van der Waals surface area (Å²) in [4.78, 5) is 18.3. The Kier molecular flexibility index (Phi) is 6.48. The highest BCUT2D eigenvalue weighted by Crippen LogP contribution is 2.40. The Morgan fingerprint density at radius 1 is 1.22 bits per heavy atom. The lowest BCUT2D eigenvalue weighted by atomic mass is 10.1. The Bertz CT molecular complexity index is 1000. The van der Waals surface area contributed by atoms with Crippen LogP contribution in [0.5, 0.6) is 0 Å². The predicted octanol–water partition coefficient (Wildman–Crippen LogP) is 7.59. The molecule has 0 spiro atoms. The van der Waals surface area contributed by atoms with E-state index >= 15 is 0 Å². The number of esters is 1. The summed E-state index contributed by atoms with van der Waals surface area (Å²) in [5, 5.41) is 4.93. The van der Waals surface area contributed by atoms with Gasteiger partial charge in [-0.15, -0.1) is 22.7 Å². The zero-order chi connectivity index (χ0) is 19.7. The molecule has 0 unspecified atom stereocenters. The van der Waals surface area contributed by atoms with Gasteiger partial charge in [0.1, 0.15) is 4.88 Å². The number of aromatic nitrogens is 1. The third kappa shape index (κ3) is 4.49. The molecule has 0 saturated heterocycles. The normalized spacial score (nSPS) is 11.1. The molecule has 1 N–H and O–H groups in total. The van der Waals surface area contributed by atoms with Gasteiger partial charge in [0.2, 0.25) is 0 Å². The molecule has 142 valence electrons. The van der Waals surface area contributed by atoms with Crippen LogP contribution in [0.3, 0.4) is 0 Å². The summed E-state index contributed by atoms with van der Waals surface area (Å²) in [6.45, 7) is 4.22. The van der Waals surface area contributed by atoms with Crippen molar-refractivity contribution in [3.63, 3.8) is 0 Å². The topological polar surface area (TPSA) is 51.2 Å². The second-order valence-corrected chi connectivity index (χ2v) is 10.2. The van der Waals surface area contributed by atoms with Crippen LogP contribution in [0.4, 0.5) is 10.8 Å². The SMILES string of the molecule is COC(=O)c1sc(Br)cc1Nc1nc(-c2ccc(Cl)c(Cl)c2)c(C(C)C)s1. The number of carbonyl (C=O) groups is 1. The highest BCUT2D eigenvalue weighted by molar-refractivity contribution is 9.11. The number of methoxy groups -OCH3 is 1. The van der Waals surface area contributed by atoms with Crippen molar-refractivity contribution >= 4 is 78.6 Å². The zero-order valence-corrected chi connectivity index (χ0v) is 19.3. The van der Waals surface area contributed by atoms with Crippen molar-refractivity contribution in [1.82, 2.24) is 4.98 Å².